The Hall–Kier alpha value is -1.44. The summed E-state index contributed by atoms with van der Waals surface area (Å²) in [5, 5.41) is 8.94. The highest BCUT2D eigenvalue weighted by molar-refractivity contribution is 7.88. The summed E-state index contributed by atoms with van der Waals surface area (Å²) in [4.78, 5) is 12.8. The molecule has 0 aromatic heterocycles. The van der Waals surface area contributed by atoms with E-state index in [1.807, 2.05) is 19.0 Å². The number of aromatic carboxylic acids is 1. The lowest BCUT2D eigenvalue weighted by Gasteiger charge is -2.22. The molecule has 112 valence electrons. The van der Waals surface area contributed by atoms with Crippen LogP contribution >= 0.6 is 0 Å². The van der Waals surface area contributed by atoms with Gasteiger partial charge >= 0.3 is 5.97 Å². The van der Waals surface area contributed by atoms with Crippen molar-refractivity contribution in [3.05, 3.63) is 35.4 Å². The fourth-order valence-electron chi connectivity index (χ4n) is 1.68. The lowest BCUT2D eigenvalue weighted by molar-refractivity contribution is 0.0696. The summed E-state index contributed by atoms with van der Waals surface area (Å²) in [7, 11) is 0.401. The van der Waals surface area contributed by atoms with Crippen LogP contribution in [0, 0.1) is 0 Å². The van der Waals surface area contributed by atoms with Crippen molar-refractivity contribution in [2.45, 2.75) is 6.54 Å². The lowest BCUT2D eigenvalue weighted by atomic mass is 10.1. The van der Waals surface area contributed by atoms with Crippen LogP contribution in [0.5, 0.6) is 0 Å². The first kappa shape index (κ1) is 16.6. The van der Waals surface area contributed by atoms with E-state index in [-0.39, 0.29) is 12.1 Å². The number of hydrogen-bond donors (Lipinski definition) is 1. The molecule has 0 radical (unpaired) electrons. The van der Waals surface area contributed by atoms with Crippen LogP contribution in [0.15, 0.2) is 24.3 Å². The maximum absolute atomic E-state index is 11.8. The van der Waals surface area contributed by atoms with Crippen molar-refractivity contribution in [3.63, 3.8) is 0 Å². The van der Waals surface area contributed by atoms with Gasteiger partial charge in [0.05, 0.1) is 11.8 Å². The number of carboxylic acid groups (broad SMARTS) is 1. The van der Waals surface area contributed by atoms with Gasteiger partial charge in [-0.15, -0.1) is 0 Å². The average Bonchev–Trinajstić information content (AvgIpc) is 2.33. The quantitative estimate of drug-likeness (QED) is 0.802. The van der Waals surface area contributed by atoms with E-state index < -0.39 is 16.0 Å². The van der Waals surface area contributed by atoms with Gasteiger partial charge in [0.1, 0.15) is 0 Å². The number of benzene rings is 1. The van der Waals surface area contributed by atoms with Crippen molar-refractivity contribution < 1.29 is 18.3 Å². The highest BCUT2D eigenvalue weighted by atomic mass is 32.2. The normalized spacial score (nSPS) is 12.1. The fourth-order valence-corrected chi connectivity index (χ4v) is 2.48. The van der Waals surface area contributed by atoms with E-state index >= 15 is 0 Å². The summed E-state index contributed by atoms with van der Waals surface area (Å²) in [5.74, 6) is -1.02. The van der Waals surface area contributed by atoms with E-state index in [4.69, 9.17) is 5.11 Å². The smallest absolute Gasteiger partial charge is 0.335 e. The summed E-state index contributed by atoms with van der Waals surface area (Å²) >= 11 is 0. The topological polar surface area (TPSA) is 77.9 Å². The number of rotatable bonds is 7. The Morgan fingerprint density at radius 1 is 1.25 bits per heavy atom. The van der Waals surface area contributed by atoms with Gasteiger partial charge in [0.15, 0.2) is 0 Å². The van der Waals surface area contributed by atoms with Crippen molar-refractivity contribution in [3.8, 4) is 0 Å². The van der Waals surface area contributed by atoms with Gasteiger partial charge in [-0.25, -0.2) is 13.2 Å². The monoisotopic (exact) mass is 300 g/mol. The number of sulfonamides is 1. The van der Waals surface area contributed by atoms with Gasteiger partial charge in [-0.05, 0) is 31.8 Å². The SMILES string of the molecule is CN(C)CCN(Cc1cccc(C(=O)O)c1)S(C)(=O)=O. The van der Waals surface area contributed by atoms with Gasteiger partial charge < -0.3 is 10.0 Å². The molecule has 0 amide bonds. The van der Waals surface area contributed by atoms with Crippen LogP contribution in [-0.2, 0) is 16.6 Å². The summed E-state index contributed by atoms with van der Waals surface area (Å²) in [6.07, 6.45) is 1.16. The van der Waals surface area contributed by atoms with Gasteiger partial charge in [0.2, 0.25) is 10.0 Å². The molecule has 20 heavy (non-hydrogen) atoms. The van der Waals surface area contributed by atoms with Crippen LogP contribution in [0.4, 0.5) is 0 Å². The van der Waals surface area contributed by atoms with Crippen molar-refractivity contribution in [1.82, 2.24) is 9.21 Å². The van der Waals surface area contributed by atoms with Crippen molar-refractivity contribution in [2.75, 3.05) is 33.4 Å². The lowest BCUT2D eigenvalue weighted by Crippen LogP contribution is -2.35. The molecule has 0 saturated heterocycles. The third-order valence-electron chi connectivity index (χ3n) is 2.80. The highest BCUT2D eigenvalue weighted by Crippen LogP contribution is 2.11. The number of hydrogen-bond acceptors (Lipinski definition) is 4. The Morgan fingerprint density at radius 2 is 1.90 bits per heavy atom. The number of carbonyl (C=O) groups is 1. The first-order chi connectivity index (χ1) is 9.20. The van der Waals surface area contributed by atoms with E-state index in [1.165, 1.54) is 16.4 Å². The van der Waals surface area contributed by atoms with E-state index in [2.05, 4.69) is 0 Å². The molecule has 0 aliphatic carbocycles. The van der Waals surface area contributed by atoms with E-state index in [1.54, 1.807) is 12.1 Å². The summed E-state index contributed by atoms with van der Waals surface area (Å²) in [6, 6.07) is 6.32. The zero-order valence-corrected chi connectivity index (χ0v) is 12.7. The van der Waals surface area contributed by atoms with Crippen LogP contribution in [0.3, 0.4) is 0 Å². The molecule has 7 heteroatoms. The molecule has 0 aliphatic heterocycles. The zero-order chi connectivity index (χ0) is 15.3. The van der Waals surface area contributed by atoms with Crippen LogP contribution < -0.4 is 0 Å². The fraction of sp³-hybridized carbons (Fsp3) is 0.462. The summed E-state index contributed by atoms with van der Waals surface area (Å²) in [6.45, 7) is 1.14. The Kier molecular flexibility index (Phi) is 5.67. The minimum absolute atomic E-state index is 0.156. The molecule has 1 rings (SSSR count). The second-order valence-corrected chi connectivity index (χ2v) is 6.89. The Balaban J connectivity index is 2.89. The highest BCUT2D eigenvalue weighted by Gasteiger charge is 2.17. The molecule has 0 unspecified atom stereocenters. The molecule has 1 N–H and O–H groups in total. The molecule has 0 heterocycles. The molecular formula is C13H20N2O4S. The molecule has 0 atom stereocenters. The second-order valence-electron chi connectivity index (χ2n) is 4.91. The minimum Gasteiger partial charge on any atom is -0.478 e. The second kappa shape index (κ2) is 6.83. The van der Waals surface area contributed by atoms with Crippen molar-refractivity contribution in [2.24, 2.45) is 0 Å². The molecular weight excluding hydrogens is 280 g/mol. The third-order valence-corrected chi connectivity index (χ3v) is 4.05. The van der Waals surface area contributed by atoms with Gasteiger partial charge in [-0.2, -0.15) is 4.31 Å². The van der Waals surface area contributed by atoms with Crippen molar-refractivity contribution >= 4 is 16.0 Å². The zero-order valence-electron chi connectivity index (χ0n) is 11.9. The van der Waals surface area contributed by atoms with Gasteiger partial charge in [0, 0.05) is 19.6 Å². The Bertz CT molecular complexity index is 569. The molecule has 0 spiro atoms. The average molecular weight is 300 g/mol. The van der Waals surface area contributed by atoms with E-state index in [0.717, 1.165) is 6.26 Å². The first-order valence-corrected chi connectivity index (χ1v) is 7.97. The number of nitrogens with zero attached hydrogens (tertiary/aromatic N) is 2. The van der Waals surface area contributed by atoms with Gasteiger partial charge in [-0.1, -0.05) is 12.1 Å². The molecule has 1 aromatic rings. The molecule has 6 nitrogen and oxygen atoms in total. The first-order valence-electron chi connectivity index (χ1n) is 6.12. The standard InChI is InChI=1S/C13H20N2O4S/c1-14(2)7-8-15(20(3,18)19)10-11-5-4-6-12(9-11)13(16)17/h4-6,9H,7-8,10H2,1-3H3,(H,16,17). The third kappa shape index (κ3) is 5.28. The van der Waals surface area contributed by atoms with E-state index in [0.29, 0.717) is 18.7 Å². The number of likely N-dealkylation sites (N-methyl/N-ethyl adjacent to an activating group) is 1. The maximum Gasteiger partial charge on any atom is 0.335 e. The molecule has 0 saturated carbocycles. The van der Waals surface area contributed by atoms with Gasteiger partial charge in [-0.3, -0.25) is 0 Å². The minimum atomic E-state index is -3.33. The van der Waals surface area contributed by atoms with Crippen molar-refractivity contribution in [1.29, 1.82) is 0 Å². The maximum atomic E-state index is 11.8. The molecule has 0 fully saturated rings. The predicted molar refractivity (Wildman–Crippen MR) is 77.2 cm³/mol. The van der Waals surface area contributed by atoms with Crippen LogP contribution in [0.25, 0.3) is 0 Å². The largest absolute Gasteiger partial charge is 0.478 e. The Labute approximate surface area is 119 Å². The van der Waals surface area contributed by atoms with Crippen LogP contribution in [0.2, 0.25) is 0 Å². The van der Waals surface area contributed by atoms with E-state index in [9.17, 15) is 13.2 Å². The predicted octanol–water partition coefficient (Wildman–Crippen LogP) is 0.708. The van der Waals surface area contributed by atoms with Crippen LogP contribution in [0.1, 0.15) is 15.9 Å². The van der Waals surface area contributed by atoms with Gasteiger partial charge in [0.25, 0.3) is 0 Å². The molecule has 1 aromatic carbocycles. The summed E-state index contributed by atoms with van der Waals surface area (Å²) < 4.78 is 24.9. The molecule has 0 aliphatic rings. The van der Waals surface area contributed by atoms with Crippen LogP contribution in [-0.4, -0.2) is 62.1 Å². The Morgan fingerprint density at radius 3 is 2.40 bits per heavy atom. The molecule has 0 bridgehead atoms. The number of carboxylic acids is 1. The summed E-state index contributed by atoms with van der Waals surface area (Å²) in [5.41, 5.74) is 0.817.